The van der Waals surface area contributed by atoms with Crippen molar-refractivity contribution < 1.29 is 33.9 Å². The smallest absolute Gasteiger partial charge is 0.254 e. The second-order valence-electron chi connectivity index (χ2n) is 9.02. The lowest BCUT2D eigenvalue weighted by Gasteiger charge is -2.35. The molecule has 38 heavy (non-hydrogen) atoms. The van der Waals surface area contributed by atoms with Crippen molar-refractivity contribution in [1.82, 2.24) is 10.2 Å². The number of nitrogens with one attached hydrogen (secondary N) is 1. The van der Waals surface area contributed by atoms with E-state index in [9.17, 15) is 33.9 Å². The number of benzene rings is 1. The molecule has 1 aromatic carbocycles. The van der Waals surface area contributed by atoms with E-state index in [4.69, 9.17) is 22.9 Å². The number of primary amides is 2. The summed E-state index contributed by atoms with van der Waals surface area (Å²) in [6.07, 6.45) is -0.847. The molecular weight excluding hydrogens is 496 g/mol. The molecule has 0 radical (unpaired) electrons. The molecule has 0 aliphatic rings. The van der Waals surface area contributed by atoms with E-state index in [0.717, 1.165) is 0 Å². The summed E-state index contributed by atoms with van der Waals surface area (Å²) < 4.78 is 0. The number of amides is 5. The normalized spacial score (nSPS) is 14.9. The quantitative estimate of drug-likeness (QED) is 0.142. The number of aliphatic hydroxyl groups is 1. The van der Waals surface area contributed by atoms with Crippen LogP contribution in [-0.4, -0.2) is 70.1 Å². The number of ketones is 1. The second kappa shape index (κ2) is 15.5. The van der Waals surface area contributed by atoms with Crippen molar-refractivity contribution in [3.05, 3.63) is 35.9 Å². The maximum atomic E-state index is 13.7. The standard InChI is InChI=1S/C25H38N6O7/c1-3-7-21(35)30-17(13-32)25(38)31(24(37)16(26)10-11-19(27)33)18(12-20(28)34)23(36)14(2)22(29)15-8-5-4-6-9-15/h4-6,8-9,14,16-18,22,32H,3,7,10-13,26,29H2,1-2H3,(H2,27,33)(H2,28,34)(H,30,35)/t14?,16-,17-,18-,22?/m0/s1. The molecule has 5 amide bonds. The third-order valence-corrected chi connectivity index (χ3v) is 5.99. The molecule has 0 saturated heterocycles. The molecule has 0 aliphatic heterocycles. The van der Waals surface area contributed by atoms with Crippen LogP contribution >= 0.6 is 0 Å². The third kappa shape index (κ3) is 9.32. The first-order valence-electron chi connectivity index (χ1n) is 12.3. The maximum Gasteiger partial charge on any atom is 0.254 e. The number of rotatable bonds is 16. The highest BCUT2D eigenvalue weighted by Crippen LogP contribution is 2.24. The van der Waals surface area contributed by atoms with Gasteiger partial charge in [0.15, 0.2) is 5.78 Å². The van der Waals surface area contributed by atoms with Gasteiger partial charge in [-0.25, -0.2) is 0 Å². The first-order chi connectivity index (χ1) is 17.8. The van der Waals surface area contributed by atoms with Gasteiger partial charge >= 0.3 is 0 Å². The number of imide groups is 1. The molecule has 5 atom stereocenters. The van der Waals surface area contributed by atoms with Gasteiger partial charge in [0.05, 0.1) is 19.1 Å². The van der Waals surface area contributed by atoms with E-state index in [-0.39, 0.29) is 19.3 Å². The summed E-state index contributed by atoms with van der Waals surface area (Å²) in [4.78, 5) is 76.4. The van der Waals surface area contributed by atoms with E-state index < -0.39 is 78.4 Å². The molecule has 0 heterocycles. The fourth-order valence-electron chi connectivity index (χ4n) is 3.82. The Balaban J connectivity index is 3.52. The zero-order valence-electron chi connectivity index (χ0n) is 21.7. The van der Waals surface area contributed by atoms with Crippen molar-refractivity contribution in [1.29, 1.82) is 0 Å². The molecule has 13 heteroatoms. The Morgan fingerprint density at radius 2 is 1.55 bits per heavy atom. The van der Waals surface area contributed by atoms with Crippen molar-refractivity contribution in [2.45, 2.75) is 70.1 Å². The SMILES string of the molecule is CCCC(=O)N[C@@H](CO)C(=O)N(C(=O)[C@@H](N)CCC(N)=O)[C@@H](CC(N)=O)C(=O)C(C)C(N)c1ccccc1. The molecule has 210 valence electrons. The van der Waals surface area contributed by atoms with Gasteiger partial charge in [0.2, 0.25) is 23.6 Å². The van der Waals surface area contributed by atoms with Crippen LogP contribution in [0.2, 0.25) is 0 Å². The first kappa shape index (κ1) is 32.3. The summed E-state index contributed by atoms with van der Waals surface area (Å²) in [7, 11) is 0. The monoisotopic (exact) mass is 534 g/mol. The molecular formula is C25H38N6O7. The van der Waals surface area contributed by atoms with Crippen molar-refractivity contribution >= 4 is 35.3 Å². The van der Waals surface area contributed by atoms with Crippen LogP contribution in [-0.2, 0) is 28.8 Å². The number of carbonyl (C=O) groups excluding carboxylic acids is 6. The number of nitrogens with two attached hydrogens (primary N) is 4. The van der Waals surface area contributed by atoms with Crippen molar-refractivity contribution in [2.75, 3.05) is 6.61 Å². The first-order valence-corrected chi connectivity index (χ1v) is 12.3. The number of nitrogens with zero attached hydrogens (tertiary/aromatic N) is 1. The number of hydrogen-bond acceptors (Lipinski definition) is 9. The van der Waals surface area contributed by atoms with E-state index in [0.29, 0.717) is 16.9 Å². The molecule has 0 fully saturated rings. The van der Waals surface area contributed by atoms with E-state index in [1.165, 1.54) is 6.92 Å². The predicted molar refractivity (Wildman–Crippen MR) is 137 cm³/mol. The van der Waals surface area contributed by atoms with Gasteiger partial charge in [-0.05, 0) is 18.4 Å². The van der Waals surface area contributed by atoms with Crippen molar-refractivity contribution in [3.8, 4) is 0 Å². The van der Waals surface area contributed by atoms with Gasteiger partial charge in [0.25, 0.3) is 5.91 Å². The van der Waals surface area contributed by atoms with Crippen LogP contribution in [0.15, 0.2) is 30.3 Å². The molecule has 1 aromatic rings. The summed E-state index contributed by atoms with van der Waals surface area (Å²) in [6.45, 7) is 2.29. The highest BCUT2D eigenvalue weighted by Gasteiger charge is 2.43. The van der Waals surface area contributed by atoms with Gasteiger partial charge in [0, 0.05) is 24.8 Å². The molecule has 0 aliphatic carbocycles. The molecule has 0 bridgehead atoms. The Hall–Kier alpha value is -3.68. The largest absolute Gasteiger partial charge is 0.394 e. The van der Waals surface area contributed by atoms with Gasteiger partial charge in [-0.15, -0.1) is 0 Å². The van der Waals surface area contributed by atoms with Gasteiger partial charge in [-0.1, -0.05) is 44.2 Å². The predicted octanol–water partition coefficient (Wildman–Crippen LogP) is -1.64. The van der Waals surface area contributed by atoms with Gasteiger partial charge < -0.3 is 33.4 Å². The minimum Gasteiger partial charge on any atom is -0.394 e. The minimum atomic E-state index is -1.74. The summed E-state index contributed by atoms with van der Waals surface area (Å²) in [5.41, 5.74) is 23.3. The summed E-state index contributed by atoms with van der Waals surface area (Å²) >= 11 is 0. The van der Waals surface area contributed by atoms with Crippen LogP contribution in [0.3, 0.4) is 0 Å². The Morgan fingerprint density at radius 3 is 2.05 bits per heavy atom. The molecule has 2 unspecified atom stereocenters. The van der Waals surface area contributed by atoms with E-state index >= 15 is 0 Å². The Labute approximate surface area is 221 Å². The summed E-state index contributed by atoms with van der Waals surface area (Å²) in [5, 5.41) is 12.2. The van der Waals surface area contributed by atoms with Crippen LogP contribution in [0.25, 0.3) is 0 Å². The van der Waals surface area contributed by atoms with E-state index in [1.807, 2.05) is 0 Å². The topological polar surface area (TPSA) is 242 Å². The summed E-state index contributed by atoms with van der Waals surface area (Å²) in [5.74, 6) is -6.39. The van der Waals surface area contributed by atoms with Gasteiger partial charge in [0.1, 0.15) is 12.1 Å². The molecule has 0 aromatic heterocycles. The maximum absolute atomic E-state index is 13.7. The molecule has 0 spiro atoms. The van der Waals surface area contributed by atoms with Crippen molar-refractivity contribution in [3.63, 3.8) is 0 Å². The number of carbonyl (C=O) groups is 6. The zero-order valence-corrected chi connectivity index (χ0v) is 21.7. The number of Topliss-reactive ketones (excluding diaryl/α,β-unsaturated/α-hetero) is 1. The van der Waals surface area contributed by atoms with Gasteiger partial charge in [-0.2, -0.15) is 0 Å². The molecule has 13 nitrogen and oxygen atoms in total. The summed E-state index contributed by atoms with van der Waals surface area (Å²) in [6, 6.07) is 2.87. The zero-order chi connectivity index (χ0) is 29.0. The lowest BCUT2D eigenvalue weighted by atomic mass is 9.86. The van der Waals surface area contributed by atoms with E-state index in [1.54, 1.807) is 37.3 Å². The fraction of sp³-hybridized carbons (Fsp3) is 0.520. The second-order valence-corrected chi connectivity index (χ2v) is 9.02. The Morgan fingerprint density at radius 1 is 0.947 bits per heavy atom. The van der Waals surface area contributed by atoms with Crippen LogP contribution in [0.1, 0.15) is 57.6 Å². The molecule has 1 rings (SSSR count). The van der Waals surface area contributed by atoms with Crippen molar-refractivity contribution in [2.24, 2.45) is 28.9 Å². The third-order valence-electron chi connectivity index (χ3n) is 5.99. The average Bonchev–Trinajstić information content (AvgIpc) is 2.88. The minimum absolute atomic E-state index is 0.0302. The Kier molecular flexibility index (Phi) is 13.2. The van der Waals surface area contributed by atoms with Crippen LogP contribution in [0.4, 0.5) is 0 Å². The highest BCUT2D eigenvalue weighted by molar-refractivity contribution is 6.06. The fourth-order valence-corrected chi connectivity index (χ4v) is 3.82. The highest BCUT2D eigenvalue weighted by atomic mass is 16.3. The van der Waals surface area contributed by atoms with Gasteiger partial charge in [-0.3, -0.25) is 33.7 Å². The number of hydrogen-bond donors (Lipinski definition) is 6. The van der Waals surface area contributed by atoms with E-state index in [2.05, 4.69) is 5.32 Å². The number of aliphatic hydroxyl groups excluding tert-OH is 1. The van der Waals surface area contributed by atoms with Crippen LogP contribution in [0, 0.1) is 5.92 Å². The lowest BCUT2D eigenvalue weighted by molar-refractivity contribution is -0.156. The molecule has 10 N–H and O–H groups in total. The molecule has 0 saturated carbocycles. The van der Waals surface area contributed by atoms with Crippen LogP contribution < -0.4 is 28.3 Å². The Bertz CT molecular complexity index is 1000. The lowest BCUT2D eigenvalue weighted by Crippen LogP contribution is -2.61. The van der Waals surface area contributed by atoms with Crippen LogP contribution in [0.5, 0.6) is 0 Å². The average molecular weight is 535 g/mol.